The summed E-state index contributed by atoms with van der Waals surface area (Å²) >= 11 is 0. The number of aromatic nitrogens is 2. The van der Waals surface area contributed by atoms with E-state index in [1.54, 1.807) is 7.05 Å². The molecule has 0 unspecified atom stereocenters. The zero-order valence-corrected chi connectivity index (χ0v) is 7.79. The minimum absolute atomic E-state index is 0.0766. The lowest BCUT2D eigenvalue weighted by atomic mass is 10.1. The summed E-state index contributed by atoms with van der Waals surface area (Å²) in [6.07, 6.45) is 1.22. The molecule has 1 aromatic heterocycles. The molecule has 1 heterocycles. The Morgan fingerprint density at radius 1 is 1.53 bits per heavy atom. The van der Waals surface area contributed by atoms with Crippen molar-refractivity contribution in [1.82, 2.24) is 9.78 Å². The van der Waals surface area contributed by atoms with E-state index >= 15 is 0 Å². The molecule has 2 rings (SSSR count). The van der Waals surface area contributed by atoms with E-state index in [-0.39, 0.29) is 10.9 Å². The number of hydrogen-bond acceptors (Lipinski definition) is 2. The number of hydrogen-bond donors (Lipinski definition) is 1. The first-order valence-corrected chi connectivity index (χ1v) is 4.12. The van der Waals surface area contributed by atoms with Crippen LogP contribution in [0.4, 0.5) is 8.78 Å². The number of rotatable bonds is 1. The van der Waals surface area contributed by atoms with Crippen LogP contribution in [-0.2, 0) is 7.05 Å². The van der Waals surface area contributed by atoms with Crippen molar-refractivity contribution < 1.29 is 13.6 Å². The second kappa shape index (κ2) is 3.01. The maximum Gasteiger partial charge on any atom is 0.254 e. The number of fused-ring (bicyclic) bond motifs is 1. The Balaban J connectivity index is 2.91. The molecular formula is C9H7F2N3O. The first-order chi connectivity index (χ1) is 7.02. The van der Waals surface area contributed by atoms with E-state index in [9.17, 15) is 13.6 Å². The topological polar surface area (TPSA) is 60.9 Å². The van der Waals surface area contributed by atoms with Gasteiger partial charge in [-0.05, 0) is 0 Å². The molecule has 0 spiro atoms. The fraction of sp³-hybridized carbons (Fsp3) is 0.111. The third-order valence-electron chi connectivity index (χ3n) is 2.19. The summed E-state index contributed by atoms with van der Waals surface area (Å²) in [5, 5.41) is 3.83. The van der Waals surface area contributed by atoms with Crippen molar-refractivity contribution in [1.29, 1.82) is 0 Å². The van der Waals surface area contributed by atoms with Crippen molar-refractivity contribution in [2.45, 2.75) is 0 Å². The van der Waals surface area contributed by atoms with Gasteiger partial charge in [-0.1, -0.05) is 0 Å². The van der Waals surface area contributed by atoms with Gasteiger partial charge in [-0.25, -0.2) is 8.78 Å². The largest absolute Gasteiger partial charge is 0.365 e. The van der Waals surface area contributed by atoms with Gasteiger partial charge in [0, 0.05) is 13.1 Å². The molecule has 0 saturated carbocycles. The summed E-state index contributed by atoms with van der Waals surface area (Å²) in [7, 11) is 1.55. The Hall–Kier alpha value is -1.98. The normalized spacial score (nSPS) is 10.9. The molecule has 0 saturated heterocycles. The molecular weight excluding hydrogens is 204 g/mol. The number of carbonyl (C=O) groups is 1. The van der Waals surface area contributed by atoms with E-state index in [0.717, 1.165) is 6.07 Å². The zero-order valence-electron chi connectivity index (χ0n) is 7.79. The Bertz CT molecular complexity index is 562. The van der Waals surface area contributed by atoms with E-state index in [1.807, 2.05) is 0 Å². The van der Waals surface area contributed by atoms with Gasteiger partial charge in [-0.3, -0.25) is 9.48 Å². The van der Waals surface area contributed by atoms with E-state index in [2.05, 4.69) is 5.10 Å². The van der Waals surface area contributed by atoms with Gasteiger partial charge in [0.2, 0.25) is 0 Å². The Kier molecular flexibility index (Phi) is 1.92. The minimum Gasteiger partial charge on any atom is -0.365 e. The summed E-state index contributed by atoms with van der Waals surface area (Å²) in [5.41, 5.74) is 4.41. The lowest BCUT2D eigenvalue weighted by molar-refractivity contribution is 0.0992. The fourth-order valence-corrected chi connectivity index (χ4v) is 1.44. The smallest absolute Gasteiger partial charge is 0.254 e. The van der Waals surface area contributed by atoms with Gasteiger partial charge in [0.1, 0.15) is 17.2 Å². The van der Waals surface area contributed by atoms with Gasteiger partial charge < -0.3 is 5.73 Å². The van der Waals surface area contributed by atoms with Crippen LogP contribution in [0.15, 0.2) is 12.3 Å². The lowest BCUT2D eigenvalue weighted by Gasteiger charge is -2.02. The van der Waals surface area contributed by atoms with Crippen molar-refractivity contribution in [3.05, 3.63) is 29.5 Å². The quantitative estimate of drug-likeness (QED) is 0.763. The summed E-state index contributed by atoms with van der Waals surface area (Å²) < 4.78 is 28.2. The zero-order chi connectivity index (χ0) is 11.2. The number of aryl methyl sites for hydroxylation is 1. The second-order valence-electron chi connectivity index (χ2n) is 3.11. The predicted molar refractivity (Wildman–Crippen MR) is 49.1 cm³/mol. The maximum absolute atomic E-state index is 13.6. The predicted octanol–water partition coefficient (Wildman–Crippen LogP) is 0.950. The molecule has 2 aromatic rings. The minimum atomic E-state index is -1.13. The van der Waals surface area contributed by atoms with Gasteiger partial charge in [-0.2, -0.15) is 5.10 Å². The molecule has 4 nitrogen and oxygen atoms in total. The number of halogens is 2. The highest BCUT2D eigenvalue weighted by Gasteiger charge is 2.19. The first-order valence-electron chi connectivity index (χ1n) is 4.12. The Labute approximate surface area is 83.3 Å². The van der Waals surface area contributed by atoms with Crippen LogP contribution in [0.25, 0.3) is 10.9 Å². The van der Waals surface area contributed by atoms with Gasteiger partial charge in [0.25, 0.3) is 5.91 Å². The van der Waals surface area contributed by atoms with Crippen molar-refractivity contribution in [2.75, 3.05) is 0 Å². The van der Waals surface area contributed by atoms with E-state index in [1.165, 1.54) is 10.9 Å². The van der Waals surface area contributed by atoms with Crippen LogP contribution in [-0.4, -0.2) is 15.7 Å². The van der Waals surface area contributed by atoms with E-state index < -0.39 is 23.1 Å². The van der Waals surface area contributed by atoms with Crippen molar-refractivity contribution in [3.8, 4) is 0 Å². The lowest BCUT2D eigenvalue weighted by Crippen LogP contribution is -2.15. The molecule has 0 atom stereocenters. The van der Waals surface area contributed by atoms with Crippen LogP contribution in [0.3, 0.4) is 0 Å². The van der Waals surface area contributed by atoms with Crippen LogP contribution in [0.2, 0.25) is 0 Å². The molecule has 2 N–H and O–H groups in total. The average molecular weight is 211 g/mol. The third-order valence-corrected chi connectivity index (χ3v) is 2.19. The van der Waals surface area contributed by atoms with Crippen LogP contribution < -0.4 is 5.73 Å². The molecule has 0 aliphatic carbocycles. The monoisotopic (exact) mass is 211 g/mol. The molecule has 0 aliphatic rings. The number of amides is 1. The Morgan fingerprint density at radius 3 is 2.80 bits per heavy atom. The molecule has 0 radical (unpaired) electrons. The number of nitrogens with zero attached hydrogens (tertiary/aromatic N) is 2. The number of benzene rings is 1. The van der Waals surface area contributed by atoms with Crippen molar-refractivity contribution >= 4 is 16.8 Å². The highest BCUT2D eigenvalue weighted by atomic mass is 19.1. The van der Waals surface area contributed by atoms with Crippen LogP contribution in [0, 0.1) is 11.6 Å². The molecule has 1 aromatic carbocycles. The van der Waals surface area contributed by atoms with Crippen molar-refractivity contribution in [3.63, 3.8) is 0 Å². The summed E-state index contributed by atoms with van der Waals surface area (Å²) in [6, 6.07) is 1.03. The Morgan fingerprint density at radius 2 is 2.20 bits per heavy atom. The molecule has 1 amide bonds. The number of nitrogens with two attached hydrogens (primary N) is 1. The van der Waals surface area contributed by atoms with Gasteiger partial charge in [0.05, 0.1) is 17.1 Å². The van der Waals surface area contributed by atoms with Crippen LogP contribution in [0.1, 0.15) is 10.4 Å². The molecule has 6 heteroatoms. The van der Waals surface area contributed by atoms with Gasteiger partial charge in [0.15, 0.2) is 0 Å². The summed E-state index contributed by atoms with van der Waals surface area (Å²) in [5.74, 6) is -3.07. The van der Waals surface area contributed by atoms with Crippen LogP contribution >= 0.6 is 0 Å². The average Bonchev–Trinajstić information content (AvgIpc) is 2.47. The van der Waals surface area contributed by atoms with Crippen LogP contribution in [0.5, 0.6) is 0 Å². The first kappa shape index (κ1) is 9.57. The third kappa shape index (κ3) is 1.25. The standard InChI is InChI=1S/C9H7F2N3O/c1-14-6-2-5(10)7(9(12)15)8(11)4(6)3-13-14/h2-3H,1H3,(H2,12,15). The molecule has 15 heavy (non-hydrogen) atoms. The molecule has 0 aliphatic heterocycles. The molecule has 0 fully saturated rings. The SMILES string of the molecule is Cn1ncc2c(F)c(C(N)=O)c(F)cc21. The van der Waals surface area contributed by atoms with E-state index in [4.69, 9.17) is 5.73 Å². The maximum atomic E-state index is 13.6. The second-order valence-corrected chi connectivity index (χ2v) is 3.11. The highest BCUT2D eigenvalue weighted by molar-refractivity contribution is 5.97. The van der Waals surface area contributed by atoms with E-state index in [0.29, 0.717) is 0 Å². The molecule has 0 bridgehead atoms. The summed E-state index contributed by atoms with van der Waals surface area (Å²) in [4.78, 5) is 10.8. The van der Waals surface area contributed by atoms with Gasteiger partial charge in [-0.15, -0.1) is 0 Å². The van der Waals surface area contributed by atoms with Gasteiger partial charge >= 0.3 is 0 Å². The number of carbonyl (C=O) groups excluding carboxylic acids is 1. The highest BCUT2D eigenvalue weighted by Crippen LogP contribution is 2.22. The molecule has 78 valence electrons. The van der Waals surface area contributed by atoms with Crippen molar-refractivity contribution in [2.24, 2.45) is 12.8 Å². The fourth-order valence-electron chi connectivity index (χ4n) is 1.44. The number of primary amides is 1. The summed E-state index contributed by atoms with van der Waals surface area (Å²) in [6.45, 7) is 0.